The van der Waals surface area contributed by atoms with E-state index >= 15 is 0 Å². The van der Waals surface area contributed by atoms with E-state index in [0.717, 1.165) is 36.3 Å². The molecule has 0 bridgehead atoms. The predicted molar refractivity (Wildman–Crippen MR) is 112 cm³/mol. The summed E-state index contributed by atoms with van der Waals surface area (Å²) in [5.41, 5.74) is 7.25. The van der Waals surface area contributed by atoms with Crippen LogP contribution in [-0.4, -0.2) is 14.2 Å². The Bertz CT molecular complexity index is 1150. The fourth-order valence-electron chi connectivity index (χ4n) is 4.00. The number of halogens is 2. The Morgan fingerprint density at radius 1 is 0.926 bits per heavy atom. The zero-order valence-corrected chi connectivity index (χ0v) is 16.6. The van der Waals surface area contributed by atoms with Crippen molar-refractivity contribution in [3.63, 3.8) is 0 Å². The molecule has 5 heteroatoms. The molecule has 4 aromatic rings. The second-order valence-electron chi connectivity index (χ2n) is 7.22. The molecule has 2 aromatic carbocycles. The van der Waals surface area contributed by atoms with Gasteiger partial charge in [0.25, 0.3) is 0 Å². The van der Waals surface area contributed by atoms with Crippen LogP contribution < -0.4 is 0 Å². The molecule has 0 unspecified atom stereocenters. The first-order chi connectivity index (χ1) is 13.1. The molecule has 0 atom stereocenters. The molecule has 2 aromatic heterocycles. The summed E-state index contributed by atoms with van der Waals surface area (Å²) in [4.78, 5) is 0. The maximum atomic E-state index is 6.27. The lowest BCUT2D eigenvalue weighted by molar-refractivity contribution is 0.645. The van der Waals surface area contributed by atoms with Gasteiger partial charge in [-0.1, -0.05) is 59.1 Å². The summed E-state index contributed by atoms with van der Waals surface area (Å²) in [7, 11) is 0. The van der Waals surface area contributed by atoms with Crippen molar-refractivity contribution < 1.29 is 0 Å². The molecule has 0 spiro atoms. The van der Waals surface area contributed by atoms with Gasteiger partial charge in [-0.2, -0.15) is 0 Å². The molecule has 136 valence electrons. The molecule has 27 heavy (non-hydrogen) atoms. The Morgan fingerprint density at radius 3 is 2.48 bits per heavy atom. The minimum atomic E-state index is 0.583. The molecular formula is C22H19Cl2N3. The molecule has 0 aliphatic carbocycles. The van der Waals surface area contributed by atoms with Crippen LogP contribution in [0.4, 0.5) is 0 Å². The van der Waals surface area contributed by atoms with Gasteiger partial charge in [-0.25, -0.2) is 4.52 Å². The quantitative estimate of drug-likeness (QED) is 0.383. The van der Waals surface area contributed by atoms with Gasteiger partial charge in [0, 0.05) is 29.4 Å². The smallest absolute Gasteiger partial charge is 0.162 e. The van der Waals surface area contributed by atoms with Gasteiger partial charge in [0.2, 0.25) is 0 Å². The maximum absolute atomic E-state index is 6.27. The van der Waals surface area contributed by atoms with Crippen molar-refractivity contribution in [3.8, 4) is 22.5 Å². The third-order valence-corrected chi connectivity index (χ3v) is 6.12. The van der Waals surface area contributed by atoms with Crippen molar-refractivity contribution in [2.24, 2.45) is 0 Å². The lowest BCUT2D eigenvalue weighted by atomic mass is 10.0. The molecule has 0 amide bonds. The molecule has 5 rings (SSSR count). The second kappa shape index (κ2) is 6.43. The number of nitrogens with zero attached hydrogens (tertiary/aromatic N) is 3. The van der Waals surface area contributed by atoms with Gasteiger partial charge < -0.3 is 4.57 Å². The molecular weight excluding hydrogens is 377 g/mol. The average Bonchev–Trinajstić information content (AvgIpc) is 3.09. The SMILES string of the molecule is Cc1ccc(-c2nn3cc(-c4ccc(Cl)c(Cl)c4)c4c3n2CCCC4)cc1. The molecule has 3 heterocycles. The van der Waals surface area contributed by atoms with E-state index in [-0.39, 0.29) is 0 Å². The van der Waals surface area contributed by atoms with E-state index in [1.54, 1.807) is 0 Å². The first-order valence-electron chi connectivity index (χ1n) is 9.25. The lowest BCUT2D eigenvalue weighted by Crippen LogP contribution is -1.99. The Hall–Kier alpha value is -2.23. The molecule has 0 N–H and O–H groups in total. The van der Waals surface area contributed by atoms with Crippen LogP contribution in [0.2, 0.25) is 10.0 Å². The highest BCUT2D eigenvalue weighted by molar-refractivity contribution is 6.42. The van der Waals surface area contributed by atoms with Crippen LogP contribution in [-0.2, 0) is 13.0 Å². The molecule has 0 radical (unpaired) electrons. The summed E-state index contributed by atoms with van der Waals surface area (Å²) in [6.07, 6.45) is 5.50. The van der Waals surface area contributed by atoms with Crippen LogP contribution in [0.15, 0.2) is 48.7 Å². The van der Waals surface area contributed by atoms with E-state index in [0.29, 0.717) is 10.0 Å². The van der Waals surface area contributed by atoms with Crippen molar-refractivity contribution in [3.05, 3.63) is 69.8 Å². The fourth-order valence-corrected chi connectivity index (χ4v) is 4.30. The average molecular weight is 396 g/mol. The minimum Gasteiger partial charge on any atom is -0.309 e. The Balaban J connectivity index is 1.72. The summed E-state index contributed by atoms with van der Waals surface area (Å²) in [5, 5.41) is 6.10. The summed E-state index contributed by atoms with van der Waals surface area (Å²) in [6.45, 7) is 3.10. The van der Waals surface area contributed by atoms with Crippen molar-refractivity contribution in [2.45, 2.75) is 32.7 Å². The standard InChI is InChI=1S/C22H19Cl2N3/c1-14-5-7-15(8-6-14)21-25-27-13-18(16-9-10-19(23)20(24)12-16)17-4-2-3-11-26(21)22(17)27/h5-10,12-13H,2-4,11H2,1H3. The molecule has 1 aliphatic heterocycles. The molecule has 0 saturated heterocycles. The van der Waals surface area contributed by atoms with Gasteiger partial charge in [-0.3, -0.25) is 0 Å². The van der Waals surface area contributed by atoms with E-state index in [9.17, 15) is 0 Å². The van der Waals surface area contributed by atoms with Crippen LogP contribution in [0.3, 0.4) is 0 Å². The second-order valence-corrected chi connectivity index (χ2v) is 8.03. The third kappa shape index (κ3) is 2.77. The van der Waals surface area contributed by atoms with Crippen LogP contribution in [0.25, 0.3) is 28.2 Å². The summed E-state index contributed by atoms with van der Waals surface area (Å²) < 4.78 is 4.40. The number of hydrogen-bond acceptors (Lipinski definition) is 1. The summed E-state index contributed by atoms with van der Waals surface area (Å²) in [5.74, 6) is 1.04. The van der Waals surface area contributed by atoms with E-state index in [4.69, 9.17) is 28.3 Å². The van der Waals surface area contributed by atoms with E-state index in [1.807, 2.05) is 22.7 Å². The fraction of sp³-hybridized carbons (Fsp3) is 0.227. The predicted octanol–water partition coefficient (Wildman–Crippen LogP) is 6.42. The van der Waals surface area contributed by atoms with Gasteiger partial charge in [0.15, 0.2) is 5.82 Å². The Kier molecular flexibility index (Phi) is 4.03. The lowest BCUT2D eigenvalue weighted by Gasteiger charge is -2.07. The summed E-state index contributed by atoms with van der Waals surface area (Å²) in [6, 6.07) is 14.5. The largest absolute Gasteiger partial charge is 0.309 e. The molecule has 3 nitrogen and oxygen atoms in total. The summed E-state index contributed by atoms with van der Waals surface area (Å²) >= 11 is 12.4. The Labute approximate surface area is 168 Å². The third-order valence-electron chi connectivity index (χ3n) is 5.38. The normalized spacial score (nSPS) is 13.9. The van der Waals surface area contributed by atoms with Crippen LogP contribution >= 0.6 is 23.2 Å². The highest BCUT2D eigenvalue weighted by atomic mass is 35.5. The minimum absolute atomic E-state index is 0.583. The van der Waals surface area contributed by atoms with Gasteiger partial charge in [-0.05, 0) is 43.9 Å². The first kappa shape index (κ1) is 16.9. The molecule has 0 saturated carbocycles. The number of rotatable bonds is 2. The van der Waals surface area contributed by atoms with E-state index in [2.05, 4.69) is 42.0 Å². The Morgan fingerprint density at radius 2 is 1.70 bits per heavy atom. The van der Waals surface area contributed by atoms with Gasteiger partial charge in [0.1, 0.15) is 5.65 Å². The zero-order valence-electron chi connectivity index (χ0n) is 15.0. The first-order valence-corrected chi connectivity index (χ1v) is 10.0. The maximum Gasteiger partial charge on any atom is 0.162 e. The number of hydrogen-bond donors (Lipinski definition) is 0. The van der Waals surface area contributed by atoms with Gasteiger partial charge >= 0.3 is 0 Å². The number of aryl methyl sites for hydroxylation is 3. The highest BCUT2D eigenvalue weighted by Gasteiger charge is 2.23. The van der Waals surface area contributed by atoms with E-state index in [1.165, 1.54) is 28.8 Å². The van der Waals surface area contributed by atoms with Crippen molar-refractivity contribution in [1.29, 1.82) is 0 Å². The van der Waals surface area contributed by atoms with Crippen LogP contribution in [0, 0.1) is 6.92 Å². The van der Waals surface area contributed by atoms with Gasteiger partial charge in [0.05, 0.1) is 10.0 Å². The monoisotopic (exact) mass is 395 g/mol. The highest BCUT2D eigenvalue weighted by Crippen LogP contribution is 2.36. The van der Waals surface area contributed by atoms with Crippen molar-refractivity contribution >= 4 is 28.8 Å². The molecule has 1 aliphatic rings. The molecule has 0 fully saturated rings. The van der Waals surface area contributed by atoms with Gasteiger partial charge in [-0.15, -0.1) is 5.10 Å². The topological polar surface area (TPSA) is 22.2 Å². The van der Waals surface area contributed by atoms with Crippen molar-refractivity contribution in [1.82, 2.24) is 14.2 Å². The van der Waals surface area contributed by atoms with Crippen molar-refractivity contribution in [2.75, 3.05) is 0 Å². The number of benzene rings is 2. The van der Waals surface area contributed by atoms with Crippen LogP contribution in [0.5, 0.6) is 0 Å². The zero-order chi connectivity index (χ0) is 18.5. The van der Waals surface area contributed by atoms with E-state index < -0.39 is 0 Å². The number of aromatic nitrogens is 3. The van der Waals surface area contributed by atoms with Crippen LogP contribution in [0.1, 0.15) is 24.0 Å².